The number of hydrogen-bond acceptors (Lipinski definition) is 3. The molecule has 1 fully saturated rings. The first-order chi connectivity index (χ1) is 8.04. The molecule has 1 aromatic heterocycles. The molecule has 0 spiro atoms. The molecular weight excluding hydrogens is 234 g/mol. The summed E-state index contributed by atoms with van der Waals surface area (Å²) in [4.78, 5) is 7.05. The second kappa shape index (κ2) is 4.83. The molecule has 0 bridgehead atoms. The van der Waals surface area contributed by atoms with Gasteiger partial charge in [-0.2, -0.15) is 0 Å². The molecule has 3 nitrogen and oxygen atoms in total. The van der Waals surface area contributed by atoms with Gasteiger partial charge in [-0.3, -0.25) is 0 Å². The lowest BCUT2D eigenvalue weighted by molar-refractivity contribution is 0.513. The molecule has 1 N–H and O–H groups in total. The second-order valence-corrected chi connectivity index (χ2v) is 5.60. The zero-order chi connectivity index (χ0) is 12.5. The zero-order valence-corrected chi connectivity index (χ0v) is 11.5. The van der Waals surface area contributed by atoms with Gasteiger partial charge >= 0.3 is 0 Å². The van der Waals surface area contributed by atoms with Crippen LogP contribution in [-0.4, -0.2) is 24.1 Å². The Morgan fingerprint density at radius 2 is 2.24 bits per heavy atom. The third-order valence-electron chi connectivity index (χ3n) is 3.43. The lowest BCUT2D eigenvalue weighted by Crippen LogP contribution is -2.38. The average Bonchev–Trinajstić information content (AvgIpc) is 2.62. The molecule has 1 aromatic rings. The SMILES string of the molecule is CNCc1nc(N2CCCC2(C)C)ccc1Cl. The summed E-state index contributed by atoms with van der Waals surface area (Å²) in [6.45, 7) is 6.34. The first kappa shape index (κ1) is 12.7. The predicted octanol–water partition coefficient (Wildman–Crippen LogP) is 2.83. The molecule has 1 aliphatic heterocycles. The van der Waals surface area contributed by atoms with Crippen molar-refractivity contribution in [3.05, 3.63) is 22.8 Å². The van der Waals surface area contributed by atoms with E-state index >= 15 is 0 Å². The molecule has 4 heteroatoms. The van der Waals surface area contributed by atoms with Crippen LogP contribution in [0.15, 0.2) is 12.1 Å². The largest absolute Gasteiger partial charge is 0.351 e. The predicted molar refractivity (Wildman–Crippen MR) is 72.7 cm³/mol. The maximum Gasteiger partial charge on any atom is 0.129 e. The van der Waals surface area contributed by atoms with Gasteiger partial charge < -0.3 is 10.2 Å². The molecule has 0 aliphatic carbocycles. The molecule has 94 valence electrons. The van der Waals surface area contributed by atoms with Gasteiger partial charge in [0.1, 0.15) is 5.82 Å². The molecule has 0 radical (unpaired) electrons. The quantitative estimate of drug-likeness (QED) is 0.898. The fourth-order valence-corrected chi connectivity index (χ4v) is 2.62. The van der Waals surface area contributed by atoms with E-state index in [4.69, 9.17) is 11.6 Å². The number of nitrogens with zero attached hydrogens (tertiary/aromatic N) is 2. The smallest absolute Gasteiger partial charge is 0.129 e. The molecule has 0 atom stereocenters. The van der Waals surface area contributed by atoms with E-state index in [0.717, 1.165) is 23.1 Å². The fraction of sp³-hybridized carbons (Fsp3) is 0.615. The van der Waals surface area contributed by atoms with Crippen molar-refractivity contribution >= 4 is 17.4 Å². The highest BCUT2D eigenvalue weighted by atomic mass is 35.5. The molecule has 0 unspecified atom stereocenters. The molecule has 17 heavy (non-hydrogen) atoms. The Bertz CT molecular complexity index is 404. The van der Waals surface area contributed by atoms with Crippen molar-refractivity contribution in [1.29, 1.82) is 0 Å². The summed E-state index contributed by atoms with van der Waals surface area (Å²) in [6, 6.07) is 3.97. The minimum atomic E-state index is 0.206. The van der Waals surface area contributed by atoms with Gasteiger partial charge in [0.15, 0.2) is 0 Å². The Hall–Kier alpha value is -0.800. The molecule has 0 amide bonds. The van der Waals surface area contributed by atoms with Crippen LogP contribution in [0.25, 0.3) is 0 Å². The number of halogens is 1. The van der Waals surface area contributed by atoms with Crippen LogP contribution >= 0.6 is 11.6 Å². The molecule has 2 rings (SSSR count). The number of hydrogen-bond donors (Lipinski definition) is 1. The summed E-state index contributed by atoms with van der Waals surface area (Å²) >= 11 is 6.13. The average molecular weight is 254 g/mol. The number of pyridine rings is 1. The number of rotatable bonds is 3. The van der Waals surface area contributed by atoms with Crippen LogP contribution in [0.4, 0.5) is 5.82 Å². The van der Waals surface area contributed by atoms with Crippen molar-refractivity contribution in [1.82, 2.24) is 10.3 Å². The van der Waals surface area contributed by atoms with Gasteiger partial charge in [0.25, 0.3) is 0 Å². The van der Waals surface area contributed by atoms with Crippen LogP contribution in [0, 0.1) is 0 Å². The topological polar surface area (TPSA) is 28.2 Å². The summed E-state index contributed by atoms with van der Waals surface area (Å²) < 4.78 is 0. The van der Waals surface area contributed by atoms with Gasteiger partial charge in [0.2, 0.25) is 0 Å². The van der Waals surface area contributed by atoms with E-state index in [1.807, 2.05) is 19.2 Å². The van der Waals surface area contributed by atoms with Crippen LogP contribution in [-0.2, 0) is 6.54 Å². The van der Waals surface area contributed by atoms with E-state index in [1.165, 1.54) is 12.8 Å². The monoisotopic (exact) mass is 253 g/mol. The van der Waals surface area contributed by atoms with Crippen molar-refractivity contribution in [2.24, 2.45) is 0 Å². The zero-order valence-electron chi connectivity index (χ0n) is 10.8. The molecule has 1 saturated heterocycles. The highest BCUT2D eigenvalue weighted by Crippen LogP contribution is 2.33. The van der Waals surface area contributed by atoms with Crippen LogP contribution in [0.3, 0.4) is 0 Å². The first-order valence-electron chi connectivity index (χ1n) is 6.12. The lowest BCUT2D eigenvalue weighted by atomic mass is 10.0. The van der Waals surface area contributed by atoms with Gasteiger partial charge in [0.05, 0.1) is 10.7 Å². The second-order valence-electron chi connectivity index (χ2n) is 5.20. The maximum absolute atomic E-state index is 6.13. The summed E-state index contributed by atoms with van der Waals surface area (Å²) in [5.74, 6) is 1.04. The molecule has 0 aromatic carbocycles. The normalized spacial score (nSPS) is 18.7. The minimum Gasteiger partial charge on any atom is -0.351 e. The third-order valence-corrected chi connectivity index (χ3v) is 3.77. The van der Waals surface area contributed by atoms with Crippen LogP contribution in [0.5, 0.6) is 0 Å². The third kappa shape index (κ3) is 2.55. The van der Waals surface area contributed by atoms with E-state index in [2.05, 4.69) is 29.0 Å². The lowest BCUT2D eigenvalue weighted by Gasteiger charge is -2.33. The first-order valence-corrected chi connectivity index (χ1v) is 6.50. The van der Waals surface area contributed by atoms with Gasteiger partial charge in [-0.15, -0.1) is 0 Å². The van der Waals surface area contributed by atoms with Crippen molar-refractivity contribution < 1.29 is 0 Å². The van der Waals surface area contributed by atoms with Crippen molar-refractivity contribution in [3.63, 3.8) is 0 Å². The molecule has 0 saturated carbocycles. The van der Waals surface area contributed by atoms with E-state index in [0.29, 0.717) is 6.54 Å². The van der Waals surface area contributed by atoms with Gasteiger partial charge in [-0.1, -0.05) is 11.6 Å². The van der Waals surface area contributed by atoms with E-state index in [1.54, 1.807) is 0 Å². The Kier molecular flexibility index (Phi) is 3.59. The number of aromatic nitrogens is 1. The van der Waals surface area contributed by atoms with E-state index < -0.39 is 0 Å². The summed E-state index contributed by atoms with van der Waals surface area (Å²) in [5.41, 5.74) is 1.13. The van der Waals surface area contributed by atoms with Crippen molar-refractivity contribution in [2.75, 3.05) is 18.5 Å². The van der Waals surface area contributed by atoms with E-state index in [9.17, 15) is 0 Å². The van der Waals surface area contributed by atoms with Gasteiger partial charge in [0, 0.05) is 18.6 Å². The highest BCUT2D eigenvalue weighted by Gasteiger charge is 2.32. The van der Waals surface area contributed by atoms with Gasteiger partial charge in [-0.25, -0.2) is 4.98 Å². The van der Waals surface area contributed by atoms with Crippen LogP contribution < -0.4 is 10.2 Å². The fourth-order valence-electron chi connectivity index (χ4n) is 2.45. The Balaban J connectivity index is 2.30. The minimum absolute atomic E-state index is 0.206. The van der Waals surface area contributed by atoms with E-state index in [-0.39, 0.29) is 5.54 Å². The summed E-state index contributed by atoms with van der Waals surface area (Å²) in [5, 5.41) is 3.83. The molecule has 2 heterocycles. The molecule has 1 aliphatic rings. The Morgan fingerprint density at radius 1 is 1.47 bits per heavy atom. The molecular formula is C13H20ClN3. The van der Waals surface area contributed by atoms with Crippen LogP contribution in [0.1, 0.15) is 32.4 Å². The Labute approximate surface area is 108 Å². The Morgan fingerprint density at radius 3 is 2.82 bits per heavy atom. The standard InChI is InChI=1S/C13H20ClN3/c1-13(2)7-4-8-17(13)12-6-5-10(14)11(16-12)9-15-3/h5-6,15H,4,7-9H2,1-3H3. The summed E-state index contributed by atoms with van der Waals surface area (Å²) in [7, 11) is 1.91. The number of nitrogens with one attached hydrogen (secondary N) is 1. The van der Waals surface area contributed by atoms with Gasteiger partial charge in [-0.05, 0) is 45.9 Å². The van der Waals surface area contributed by atoms with Crippen molar-refractivity contribution in [2.45, 2.75) is 38.8 Å². The highest BCUT2D eigenvalue weighted by molar-refractivity contribution is 6.31. The summed E-state index contributed by atoms with van der Waals surface area (Å²) in [6.07, 6.45) is 2.46. The van der Waals surface area contributed by atoms with Crippen molar-refractivity contribution in [3.8, 4) is 0 Å². The van der Waals surface area contributed by atoms with Crippen LogP contribution in [0.2, 0.25) is 5.02 Å². The number of anilines is 1. The maximum atomic E-state index is 6.13.